The van der Waals surface area contributed by atoms with Crippen molar-refractivity contribution in [3.05, 3.63) is 77.6 Å². The van der Waals surface area contributed by atoms with Gasteiger partial charge < -0.3 is 14.4 Å². The van der Waals surface area contributed by atoms with Crippen LogP contribution in [-0.2, 0) is 4.74 Å². The fourth-order valence-electron chi connectivity index (χ4n) is 2.91. The van der Waals surface area contributed by atoms with E-state index in [1.807, 2.05) is 37.3 Å². The molecule has 26 heavy (non-hydrogen) atoms. The minimum absolute atomic E-state index is 0.0832. The van der Waals surface area contributed by atoms with Gasteiger partial charge in [-0.1, -0.05) is 42.5 Å². The van der Waals surface area contributed by atoms with Crippen molar-refractivity contribution in [3.63, 3.8) is 0 Å². The molecule has 0 unspecified atom stereocenters. The predicted molar refractivity (Wildman–Crippen MR) is 96.2 cm³/mol. The number of nitrogens with zero attached hydrogens (tertiary/aromatic N) is 2. The molecule has 0 amide bonds. The van der Waals surface area contributed by atoms with E-state index in [0.717, 1.165) is 5.56 Å². The zero-order valence-electron chi connectivity index (χ0n) is 14.4. The molecule has 132 valence electrons. The van der Waals surface area contributed by atoms with Crippen LogP contribution in [0.25, 0.3) is 11.4 Å². The van der Waals surface area contributed by atoms with Crippen molar-refractivity contribution >= 4 is 11.9 Å². The van der Waals surface area contributed by atoms with Gasteiger partial charge >= 0.3 is 11.9 Å². The summed E-state index contributed by atoms with van der Waals surface area (Å²) in [6, 6.07) is 16.1. The van der Waals surface area contributed by atoms with E-state index in [4.69, 9.17) is 4.74 Å². The normalized spacial score (nSPS) is 11.8. The number of carbonyl (C=O) groups is 2. The SMILES string of the molecule is COC(=O)c1cccc(-c2ncc(C(=O)O)n2[C@H](C)c2ccccc2)c1. The highest BCUT2D eigenvalue weighted by atomic mass is 16.5. The average molecular weight is 350 g/mol. The van der Waals surface area contributed by atoms with Gasteiger partial charge in [0.05, 0.1) is 24.9 Å². The first-order valence-corrected chi connectivity index (χ1v) is 8.07. The van der Waals surface area contributed by atoms with Gasteiger partial charge in [-0.3, -0.25) is 0 Å². The molecule has 0 aliphatic carbocycles. The number of aromatic carboxylic acids is 1. The molecule has 0 aliphatic heterocycles. The van der Waals surface area contributed by atoms with Crippen LogP contribution in [0.5, 0.6) is 0 Å². The minimum atomic E-state index is -1.06. The van der Waals surface area contributed by atoms with E-state index in [1.165, 1.54) is 13.3 Å². The third-order valence-corrected chi connectivity index (χ3v) is 4.23. The summed E-state index contributed by atoms with van der Waals surface area (Å²) in [4.78, 5) is 27.8. The van der Waals surface area contributed by atoms with Crippen molar-refractivity contribution in [2.45, 2.75) is 13.0 Å². The van der Waals surface area contributed by atoms with E-state index >= 15 is 0 Å². The molecule has 6 heteroatoms. The number of aromatic nitrogens is 2. The lowest BCUT2D eigenvalue weighted by Gasteiger charge is -2.19. The average Bonchev–Trinajstić information content (AvgIpc) is 3.13. The first-order valence-electron chi connectivity index (χ1n) is 8.07. The summed E-state index contributed by atoms with van der Waals surface area (Å²) in [6.45, 7) is 1.91. The fraction of sp³-hybridized carbons (Fsp3) is 0.150. The van der Waals surface area contributed by atoms with Gasteiger partial charge in [0.25, 0.3) is 0 Å². The van der Waals surface area contributed by atoms with Crippen molar-refractivity contribution in [1.82, 2.24) is 9.55 Å². The molecule has 1 N–H and O–H groups in total. The molecule has 6 nitrogen and oxygen atoms in total. The van der Waals surface area contributed by atoms with Crippen molar-refractivity contribution < 1.29 is 19.4 Å². The number of carbonyl (C=O) groups excluding carboxylic acids is 1. The number of hydrogen-bond donors (Lipinski definition) is 1. The van der Waals surface area contributed by atoms with Gasteiger partial charge in [-0.25, -0.2) is 14.6 Å². The summed E-state index contributed by atoms with van der Waals surface area (Å²) >= 11 is 0. The number of methoxy groups -OCH3 is 1. The van der Waals surface area contributed by atoms with Gasteiger partial charge in [0.15, 0.2) is 0 Å². The van der Waals surface area contributed by atoms with Gasteiger partial charge in [-0.2, -0.15) is 0 Å². The molecule has 0 bridgehead atoms. The second-order valence-electron chi connectivity index (χ2n) is 5.80. The lowest BCUT2D eigenvalue weighted by molar-refractivity contribution is 0.0599. The minimum Gasteiger partial charge on any atom is -0.477 e. The third-order valence-electron chi connectivity index (χ3n) is 4.23. The van der Waals surface area contributed by atoms with Gasteiger partial charge in [0.1, 0.15) is 11.5 Å². The van der Waals surface area contributed by atoms with E-state index in [-0.39, 0.29) is 11.7 Å². The van der Waals surface area contributed by atoms with Crippen LogP contribution >= 0.6 is 0 Å². The zero-order valence-corrected chi connectivity index (χ0v) is 14.4. The highest BCUT2D eigenvalue weighted by Crippen LogP contribution is 2.28. The van der Waals surface area contributed by atoms with E-state index in [0.29, 0.717) is 17.0 Å². The summed E-state index contributed by atoms with van der Waals surface area (Å²) < 4.78 is 6.42. The Kier molecular flexibility index (Phi) is 4.84. The molecule has 3 aromatic rings. The molecular formula is C20H18N2O4. The van der Waals surface area contributed by atoms with Crippen LogP contribution in [0.3, 0.4) is 0 Å². The summed E-state index contributed by atoms with van der Waals surface area (Å²) in [6.07, 6.45) is 1.34. The Morgan fingerprint density at radius 3 is 2.50 bits per heavy atom. The number of carboxylic acids is 1. The summed E-state index contributed by atoms with van der Waals surface area (Å²) in [7, 11) is 1.32. The third kappa shape index (κ3) is 3.21. The molecule has 1 atom stereocenters. The van der Waals surface area contributed by atoms with Crippen LogP contribution < -0.4 is 0 Å². The summed E-state index contributed by atoms with van der Waals surface area (Å²) in [5.41, 5.74) is 2.06. The molecule has 0 radical (unpaired) electrons. The van der Waals surface area contributed by atoms with Crippen LogP contribution in [0, 0.1) is 0 Å². The van der Waals surface area contributed by atoms with E-state index in [9.17, 15) is 14.7 Å². The van der Waals surface area contributed by atoms with Crippen molar-refractivity contribution in [3.8, 4) is 11.4 Å². The Bertz CT molecular complexity index is 947. The topological polar surface area (TPSA) is 81.4 Å². The van der Waals surface area contributed by atoms with Gasteiger partial charge in [-0.15, -0.1) is 0 Å². The molecule has 0 saturated carbocycles. The number of rotatable bonds is 5. The van der Waals surface area contributed by atoms with Crippen LogP contribution in [-0.4, -0.2) is 33.7 Å². The molecule has 1 heterocycles. The molecule has 0 fully saturated rings. The zero-order chi connectivity index (χ0) is 18.7. The maximum Gasteiger partial charge on any atom is 0.354 e. The monoisotopic (exact) mass is 350 g/mol. The van der Waals surface area contributed by atoms with Crippen molar-refractivity contribution in [2.24, 2.45) is 0 Å². The van der Waals surface area contributed by atoms with Crippen LogP contribution in [0.15, 0.2) is 60.8 Å². The van der Waals surface area contributed by atoms with E-state index in [2.05, 4.69) is 4.98 Å². The molecule has 1 aromatic heterocycles. The lowest BCUT2D eigenvalue weighted by Crippen LogP contribution is -2.15. The van der Waals surface area contributed by atoms with Gasteiger partial charge in [0, 0.05) is 5.56 Å². The maximum atomic E-state index is 11.8. The summed E-state index contributed by atoms with van der Waals surface area (Å²) in [5.74, 6) is -1.04. The maximum absolute atomic E-state index is 11.8. The molecule has 3 rings (SSSR count). The van der Waals surface area contributed by atoms with Crippen LogP contribution in [0.1, 0.15) is 39.4 Å². The number of carboxylic acid groups (broad SMARTS) is 1. The Morgan fingerprint density at radius 1 is 1.12 bits per heavy atom. The van der Waals surface area contributed by atoms with Gasteiger partial charge in [0.2, 0.25) is 0 Å². The molecule has 0 aliphatic rings. The van der Waals surface area contributed by atoms with E-state index in [1.54, 1.807) is 28.8 Å². The summed E-state index contributed by atoms with van der Waals surface area (Å²) in [5, 5.41) is 9.57. The first-order chi connectivity index (χ1) is 12.5. The molecule has 0 saturated heterocycles. The Balaban J connectivity index is 2.15. The predicted octanol–water partition coefficient (Wildman–Crippen LogP) is 3.64. The standard InChI is InChI=1S/C20H18N2O4/c1-13(14-7-4-3-5-8-14)22-17(19(23)24)12-21-18(22)15-9-6-10-16(11-15)20(25)26-2/h3-13H,1-2H3,(H,23,24)/t13-/m1/s1. The first kappa shape index (κ1) is 17.4. The Hall–Kier alpha value is -3.41. The smallest absolute Gasteiger partial charge is 0.354 e. The second kappa shape index (κ2) is 7.23. The van der Waals surface area contributed by atoms with Gasteiger partial charge in [-0.05, 0) is 24.6 Å². The van der Waals surface area contributed by atoms with E-state index < -0.39 is 11.9 Å². The quantitative estimate of drug-likeness (QED) is 0.711. The number of imidazole rings is 1. The molecule has 0 spiro atoms. The van der Waals surface area contributed by atoms with Crippen LogP contribution in [0.4, 0.5) is 0 Å². The molecule has 2 aromatic carbocycles. The lowest BCUT2D eigenvalue weighted by atomic mass is 10.1. The van der Waals surface area contributed by atoms with Crippen molar-refractivity contribution in [2.75, 3.05) is 7.11 Å². The van der Waals surface area contributed by atoms with Crippen molar-refractivity contribution in [1.29, 1.82) is 0 Å². The largest absolute Gasteiger partial charge is 0.477 e. The number of ether oxygens (including phenoxy) is 1. The number of esters is 1. The van der Waals surface area contributed by atoms with Crippen LogP contribution in [0.2, 0.25) is 0 Å². The second-order valence-corrected chi connectivity index (χ2v) is 5.80. The highest BCUT2D eigenvalue weighted by molar-refractivity contribution is 5.91. The Labute approximate surface area is 150 Å². The number of benzene rings is 2. The fourth-order valence-corrected chi connectivity index (χ4v) is 2.91. The number of hydrogen-bond acceptors (Lipinski definition) is 4. The highest BCUT2D eigenvalue weighted by Gasteiger charge is 2.22. The molecular weight excluding hydrogens is 332 g/mol. The Morgan fingerprint density at radius 2 is 1.85 bits per heavy atom.